The molecular weight excluding hydrogens is 724 g/mol. The number of amides is 2. The zero-order chi connectivity index (χ0) is 34.4. The summed E-state index contributed by atoms with van der Waals surface area (Å²) in [5.74, 6) is 0.0126. The van der Waals surface area contributed by atoms with E-state index in [1.54, 1.807) is 60.7 Å². The van der Waals surface area contributed by atoms with Gasteiger partial charge in [0.25, 0.3) is 16.7 Å². The van der Waals surface area contributed by atoms with Crippen molar-refractivity contribution in [1.29, 1.82) is 0 Å². The molecule has 1 fully saturated rings. The Morgan fingerprint density at radius 3 is 2.08 bits per heavy atom. The zero-order valence-corrected chi connectivity index (χ0v) is 29.1. The number of aryl methyl sites for hydroxylation is 1. The van der Waals surface area contributed by atoms with Crippen LogP contribution >= 0.6 is 58.2 Å². The average Bonchev–Trinajstić information content (AvgIpc) is 3.53. The summed E-state index contributed by atoms with van der Waals surface area (Å²) in [4.78, 5) is 57.8. The number of carbonyl (C=O) groups is 2. The van der Waals surface area contributed by atoms with Crippen molar-refractivity contribution in [3.05, 3.63) is 117 Å². The summed E-state index contributed by atoms with van der Waals surface area (Å²) in [5, 5.41) is 1.15. The second-order valence-corrected chi connectivity index (χ2v) is 13.3. The number of fused-ring (bicyclic) bond motifs is 1. The van der Waals surface area contributed by atoms with Gasteiger partial charge < -0.3 is 9.47 Å². The number of nitrogens with zero attached hydrogens (tertiary/aromatic N) is 5. The molecule has 0 radical (unpaired) electrons. The van der Waals surface area contributed by atoms with Crippen LogP contribution in [0.2, 0.25) is 20.1 Å². The Hall–Kier alpha value is -4.20. The van der Waals surface area contributed by atoms with Crippen LogP contribution in [0.15, 0.2) is 69.1 Å². The Balaban J connectivity index is 1.34. The van der Waals surface area contributed by atoms with Crippen LogP contribution in [-0.2, 0) is 32.0 Å². The number of carbonyl (C=O) groups excluding carboxylic acids is 2. The number of halogens is 4. The Morgan fingerprint density at radius 2 is 1.46 bits per heavy atom. The lowest BCUT2D eigenvalue weighted by Gasteiger charge is -2.14. The predicted octanol–water partition coefficient (Wildman–Crippen LogP) is 7.13. The fourth-order valence-electron chi connectivity index (χ4n) is 5.04. The van der Waals surface area contributed by atoms with Crippen molar-refractivity contribution in [2.45, 2.75) is 13.1 Å². The largest absolute Gasteiger partial charge is 0.493 e. The molecule has 0 bridgehead atoms. The van der Waals surface area contributed by atoms with E-state index < -0.39 is 22.4 Å². The highest BCUT2D eigenvalue weighted by atomic mass is 35.5. The van der Waals surface area contributed by atoms with Gasteiger partial charge in [0.15, 0.2) is 22.7 Å². The molecule has 6 rings (SSSR count). The molecule has 3 aromatic carbocycles. The predicted molar refractivity (Wildman–Crippen MR) is 187 cm³/mol. The summed E-state index contributed by atoms with van der Waals surface area (Å²) >= 11 is 25.6. The summed E-state index contributed by atoms with van der Waals surface area (Å²) in [5.41, 5.74) is 0.838. The topological polar surface area (TPSA) is 118 Å². The quantitative estimate of drug-likeness (QED) is 0.154. The number of thioether (sulfide) groups is 1. The monoisotopic (exact) mass is 745 g/mol. The molecule has 16 heteroatoms. The number of ether oxygens (including phenoxy) is 2. The van der Waals surface area contributed by atoms with E-state index in [9.17, 15) is 19.2 Å². The minimum Gasteiger partial charge on any atom is -0.493 e. The van der Waals surface area contributed by atoms with E-state index in [-0.39, 0.29) is 46.7 Å². The summed E-state index contributed by atoms with van der Waals surface area (Å²) in [6.45, 7) is 0.0535. The lowest BCUT2D eigenvalue weighted by atomic mass is 10.1. The normalized spacial score (nSPS) is 14.1. The molecular formula is C32H23Cl4N5O6S. The molecule has 2 amide bonds. The maximum absolute atomic E-state index is 13.3. The third-order valence-electron chi connectivity index (χ3n) is 7.56. The third kappa shape index (κ3) is 6.34. The van der Waals surface area contributed by atoms with Gasteiger partial charge in [-0.15, -0.1) is 0 Å². The van der Waals surface area contributed by atoms with Crippen LogP contribution in [0.5, 0.6) is 17.5 Å². The number of imide groups is 1. The fourth-order valence-corrected chi connectivity index (χ4v) is 6.81. The number of hydrogen-bond acceptors (Lipinski definition) is 8. The van der Waals surface area contributed by atoms with Crippen LogP contribution in [0.25, 0.3) is 17.2 Å². The molecule has 1 saturated heterocycles. The highest BCUT2D eigenvalue weighted by Crippen LogP contribution is 2.38. The van der Waals surface area contributed by atoms with Crippen molar-refractivity contribution in [3.8, 4) is 17.5 Å². The Morgan fingerprint density at radius 1 is 0.812 bits per heavy atom. The van der Waals surface area contributed by atoms with Gasteiger partial charge >= 0.3 is 11.7 Å². The minimum atomic E-state index is -0.574. The second-order valence-electron chi connectivity index (χ2n) is 10.6. The van der Waals surface area contributed by atoms with Gasteiger partial charge in [-0.3, -0.25) is 33.0 Å². The van der Waals surface area contributed by atoms with Crippen molar-refractivity contribution < 1.29 is 19.1 Å². The highest BCUT2D eigenvalue weighted by molar-refractivity contribution is 8.18. The van der Waals surface area contributed by atoms with Crippen molar-refractivity contribution in [2.75, 3.05) is 7.11 Å². The van der Waals surface area contributed by atoms with Gasteiger partial charge in [0, 0.05) is 34.2 Å². The Labute approximate surface area is 296 Å². The van der Waals surface area contributed by atoms with Crippen molar-refractivity contribution in [2.24, 2.45) is 14.1 Å². The summed E-state index contributed by atoms with van der Waals surface area (Å²) in [6.07, 6.45) is 1.57. The summed E-state index contributed by atoms with van der Waals surface area (Å²) in [6, 6.07) is 14.7. The van der Waals surface area contributed by atoms with E-state index in [0.29, 0.717) is 36.8 Å². The number of hydrogen-bond donors (Lipinski definition) is 0. The molecule has 0 N–H and O–H groups in total. The first-order chi connectivity index (χ1) is 22.9. The van der Waals surface area contributed by atoms with Gasteiger partial charge in [-0.2, -0.15) is 4.98 Å². The molecule has 0 atom stereocenters. The Kier molecular flexibility index (Phi) is 9.38. The fraction of sp³-hybridized carbons (Fsp3) is 0.156. The van der Waals surface area contributed by atoms with Crippen LogP contribution in [0.1, 0.15) is 16.7 Å². The number of imidazole rings is 1. The Bertz CT molecular complexity index is 2320. The van der Waals surface area contributed by atoms with Gasteiger partial charge in [0.2, 0.25) is 0 Å². The van der Waals surface area contributed by atoms with Crippen LogP contribution in [0.4, 0.5) is 4.79 Å². The van der Waals surface area contributed by atoms with Gasteiger partial charge in [-0.25, -0.2) is 4.79 Å². The first-order valence-corrected chi connectivity index (χ1v) is 16.3. The van der Waals surface area contributed by atoms with E-state index in [1.807, 2.05) is 0 Å². The molecule has 5 aromatic rings. The molecule has 3 heterocycles. The van der Waals surface area contributed by atoms with E-state index in [4.69, 9.17) is 55.9 Å². The number of aromatic nitrogens is 4. The number of rotatable bonds is 8. The molecule has 2 aromatic heterocycles. The van der Waals surface area contributed by atoms with E-state index >= 15 is 0 Å². The molecule has 1 aliphatic heterocycles. The van der Waals surface area contributed by atoms with Crippen LogP contribution in [0.3, 0.4) is 0 Å². The summed E-state index contributed by atoms with van der Waals surface area (Å²) in [7, 11) is 4.31. The van der Waals surface area contributed by atoms with Gasteiger partial charge in [0.05, 0.1) is 25.1 Å². The molecule has 0 aliphatic carbocycles. The van der Waals surface area contributed by atoms with Crippen LogP contribution in [-0.4, -0.2) is 41.8 Å². The molecule has 246 valence electrons. The number of benzene rings is 3. The maximum Gasteiger partial charge on any atom is 0.332 e. The standard InChI is InChI=1S/C32H23Cl4N5O6S/c1-38-27-26(29(43)39(2)31(38)44)40(14-17-5-7-19(33)12-21(17)35)30(37-27)47-23-9-4-16(10-24(23)46-3)11-25-28(42)41(32(45)48-25)15-18-6-8-20(34)13-22(18)36/h4-13H,14-15H2,1-3H3. The van der Waals surface area contributed by atoms with Crippen LogP contribution < -0.4 is 20.7 Å². The first-order valence-electron chi connectivity index (χ1n) is 14.0. The number of methoxy groups -OCH3 is 1. The van der Waals surface area contributed by atoms with Crippen LogP contribution in [0, 0.1) is 0 Å². The smallest absolute Gasteiger partial charge is 0.332 e. The van der Waals surface area contributed by atoms with Gasteiger partial charge in [0.1, 0.15) is 0 Å². The highest BCUT2D eigenvalue weighted by Gasteiger charge is 2.35. The average molecular weight is 747 g/mol. The minimum absolute atomic E-state index is 0.00889. The molecule has 48 heavy (non-hydrogen) atoms. The second kappa shape index (κ2) is 13.4. The van der Waals surface area contributed by atoms with E-state index in [1.165, 1.54) is 30.3 Å². The molecule has 0 saturated carbocycles. The lowest BCUT2D eigenvalue weighted by molar-refractivity contribution is -0.123. The van der Waals surface area contributed by atoms with E-state index in [0.717, 1.165) is 21.2 Å². The third-order valence-corrected chi connectivity index (χ3v) is 9.64. The molecule has 0 spiro atoms. The van der Waals surface area contributed by atoms with Crippen molar-refractivity contribution in [3.63, 3.8) is 0 Å². The first kappa shape index (κ1) is 33.7. The maximum atomic E-state index is 13.3. The zero-order valence-electron chi connectivity index (χ0n) is 25.3. The van der Waals surface area contributed by atoms with Gasteiger partial charge in [-0.05, 0) is 70.9 Å². The lowest BCUT2D eigenvalue weighted by Crippen LogP contribution is -2.37. The van der Waals surface area contributed by atoms with Gasteiger partial charge in [-0.1, -0.05) is 64.6 Å². The summed E-state index contributed by atoms with van der Waals surface area (Å²) < 4.78 is 15.6. The SMILES string of the molecule is COc1cc(C=C2SC(=O)N(Cc3ccc(Cl)cc3Cl)C2=O)ccc1Oc1nc2c(c(=O)n(C)c(=O)n2C)n1Cc1ccc(Cl)cc1Cl. The molecule has 0 unspecified atom stereocenters. The van der Waals surface area contributed by atoms with Crippen molar-refractivity contribution in [1.82, 2.24) is 23.6 Å². The van der Waals surface area contributed by atoms with E-state index in [2.05, 4.69) is 4.98 Å². The molecule has 11 nitrogen and oxygen atoms in total. The molecule has 1 aliphatic rings. The van der Waals surface area contributed by atoms with Crippen molar-refractivity contribution >= 4 is 86.6 Å².